The van der Waals surface area contributed by atoms with Gasteiger partial charge in [0.1, 0.15) is 5.78 Å². The molecule has 4 heteroatoms. The van der Waals surface area contributed by atoms with Gasteiger partial charge in [-0.1, -0.05) is 20.8 Å². The van der Waals surface area contributed by atoms with Crippen molar-refractivity contribution in [3.63, 3.8) is 0 Å². The highest BCUT2D eigenvalue weighted by atomic mass is 16.4. The third-order valence-corrected chi connectivity index (χ3v) is 8.09. The molecule has 0 aromatic heterocycles. The number of carbonyl (C=O) groups is 2. The maximum absolute atomic E-state index is 11.8. The molecule has 0 spiro atoms. The largest absolute Gasteiger partial charge is 0.481 e. The van der Waals surface area contributed by atoms with E-state index in [1.807, 2.05) is 6.92 Å². The van der Waals surface area contributed by atoms with Crippen LogP contribution in [-0.2, 0) is 9.59 Å². The second-order valence-corrected chi connectivity index (χ2v) is 9.25. The molecule has 3 unspecified atom stereocenters. The average molecular weight is 336 g/mol. The molecule has 3 saturated carbocycles. The predicted octanol–water partition coefficient (Wildman–Crippen LogP) is 3.66. The molecule has 0 radical (unpaired) electrons. The van der Waals surface area contributed by atoms with Crippen LogP contribution in [-0.4, -0.2) is 28.1 Å². The number of carboxylic acid groups (broad SMARTS) is 1. The van der Waals surface area contributed by atoms with Crippen molar-refractivity contribution >= 4 is 11.8 Å². The van der Waals surface area contributed by atoms with Crippen molar-refractivity contribution in [3.05, 3.63) is 0 Å². The van der Waals surface area contributed by atoms with E-state index in [-0.39, 0.29) is 34.7 Å². The van der Waals surface area contributed by atoms with Gasteiger partial charge in [-0.25, -0.2) is 0 Å². The second-order valence-electron chi connectivity index (χ2n) is 9.25. The molecule has 3 aliphatic rings. The highest BCUT2D eigenvalue weighted by Gasteiger charge is 2.58. The molecule has 4 nitrogen and oxygen atoms in total. The molecule has 3 fully saturated rings. The number of aliphatic carboxylic acids is 1. The third-order valence-electron chi connectivity index (χ3n) is 8.09. The first-order valence-corrected chi connectivity index (χ1v) is 9.61. The van der Waals surface area contributed by atoms with E-state index < -0.39 is 5.97 Å². The van der Waals surface area contributed by atoms with E-state index in [1.165, 1.54) is 0 Å². The standard InChI is InChI=1S/C20H32O4/c1-12(18(23)24)17-14(19(2)9-6-13(21)7-10-19)8-11-20(3)15(17)4-5-16(20)22/h12,14-17,22H,4-11H2,1-3H3,(H,23,24)/t12-,14?,15?,16+,17?,20+/m1/s1. The summed E-state index contributed by atoms with van der Waals surface area (Å²) in [7, 11) is 0. The van der Waals surface area contributed by atoms with Crippen LogP contribution in [0.15, 0.2) is 0 Å². The minimum atomic E-state index is -0.717. The highest BCUT2D eigenvalue weighted by Crippen LogP contribution is 2.62. The van der Waals surface area contributed by atoms with Crippen LogP contribution in [0.1, 0.15) is 72.1 Å². The second kappa shape index (κ2) is 6.12. The highest BCUT2D eigenvalue weighted by molar-refractivity contribution is 5.79. The third kappa shape index (κ3) is 2.71. The Kier molecular flexibility index (Phi) is 4.57. The molecule has 0 aliphatic heterocycles. The quantitative estimate of drug-likeness (QED) is 0.825. The summed E-state index contributed by atoms with van der Waals surface area (Å²) in [5.74, 6) is -0.0128. The topological polar surface area (TPSA) is 74.6 Å². The number of aliphatic hydroxyl groups excluding tert-OH is 1. The normalized spacial score (nSPS) is 43.2. The summed E-state index contributed by atoms with van der Waals surface area (Å²) in [5.41, 5.74) is -0.0666. The zero-order chi connectivity index (χ0) is 17.7. The lowest BCUT2D eigenvalue weighted by Crippen LogP contribution is -2.51. The Morgan fingerprint density at radius 1 is 1.08 bits per heavy atom. The molecule has 0 amide bonds. The monoisotopic (exact) mass is 336 g/mol. The summed E-state index contributed by atoms with van der Waals surface area (Å²) in [5, 5.41) is 20.3. The van der Waals surface area contributed by atoms with Gasteiger partial charge in [0, 0.05) is 12.8 Å². The van der Waals surface area contributed by atoms with Crippen LogP contribution >= 0.6 is 0 Å². The number of aliphatic hydroxyl groups is 1. The molecule has 24 heavy (non-hydrogen) atoms. The lowest BCUT2D eigenvalue weighted by molar-refractivity contribution is -0.153. The van der Waals surface area contributed by atoms with E-state index >= 15 is 0 Å². The van der Waals surface area contributed by atoms with Crippen molar-refractivity contribution in [1.29, 1.82) is 0 Å². The fourth-order valence-electron chi connectivity index (χ4n) is 6.31. The molecule has 3 rings (SSSR count). The van der Waals surface area contributed by atoms with E-state index in [2.05, 4.69) is 13.8 Å². The van der Waals surface area contributed by atoms with Crippen LogP contribution < -0.4 is 0 Å². The molecule has 0 bridgehead atoms. The van der Waals surface area contributed by atoms with Gasteiger partial charge >= 0.3 is 5.97 Å². The first-order valence-electron chi connectivity index (χ1n) is 9.61. The number of ketones is 1. The summed E-state index contributed by atoms with van der Waals surface area (Å²) in [6.07, 6.45) is 6.48. The average Bonchev–Trinajstić information content (AvgIpc) is 2.84. The van der Waals surface area contributed by atoms with Crippen molar-refractivity contribution in [2.75, 3.05) is 0 Å². The van der Waals surface area contributed by atoms with Crippen molar-refractivity contribution in [2.24, 2.45) is 34.5 Å². The minimum Gasteiger partial charge on any atom is -0.481 e. The van der Waals surface area contributed by atoms with Crippen LogP contribution in [0.3, 0.4) is 0 Å². The Morgan fingerprint density at radius 2 is 1.71 bits per heavy atom. The van der Waals surface area contributed by atoms with Crippen LogP contribution in [0.2, 0.25) is 0 Å². The summed E-state index contributed by atoms with van der Waals surface area (Å²) in [6.45, 7) is 6.30. The Hall–Kier alpha value is -0.900. The van der Waals surface area contributed by atoms with Crippen molar-refractivity contribution in [2.45, 2.75) is 78.2 Å². The van der Waals surface area contributed by atoms with Gasteiger partial charge in [-0.05, 0) is 67.1 Å². The van der Waals surface area contributed by atoms with E-state index in [0.717, 1.165) is 38.5 Å². The molecule has 0 aromatic rings. The Labute approximate surface area is 145 Å². The molecule has 2 N–H and O–H groups in total. The number of fused-ring (bicyclic) bond motifs is 1. The number of hydrogen-bond acceptors (Lipinski definition) is 3. The van der Waals surface area contributed by atoms with Crippen LogP contribution in [0, 0.1) is 34.5 Å². The van der Waals surface area contributed by atoms with Gasteiger partial charge in [-0.3, -0.25) is 9.59 Å². The fraction of sp³-hybridized carbons (Fsp3) is 0.900. The first kappa shape index (κ1) is 17.9. The number of carbonyl (C=O) groups excluding carboxylic acids is 1. The van der Waals surface area contributed by atoms with E-state index in [4.69, 9.17) is 0 Å². The number of hydrogen-bond donors (Lipinski definition) is 2. The van der Waals surface area contributed by atoms with Crippen molar-refractivity contribution in [3.8, 4) is 0 Å². The predicted molar refractivity (Wildman–Crippen MR) is 91.4 cm³/mol. The van der Waals surface area contributed by atoms with Gasteiger partial charge in [0.25, 0.3) is 0 Å². The fourth-order valence-corrected chi connectivity index (χ4v) is 6.31. The number of rotatable bonds is 3. The zero-order valence-corrected chi connectivity index (χ0v) is 15.3. The van der Waals surface area contributed by atoms with E-state index in [9.17, 15) is 19.8 Å². The van der Waals surface area contributed by atoms with Gasteiger partial charge in [-0.15, -0.1) is 0 Å². The molecular formula is C20H32O4. The molecule has 6 atom stereocenters. The lowest BCUT2D eigenvalue weighted by Gasteiger charge is -2.55. The van der Waals surface area contributed by atoms with E-state index in [0.29, 0.717) is 24.5 Å². The molecule has 0 heterocycles. The maximum atomic E-state index is 11.8. The van der Waals surface area contributed by atoms with Crippen molar-refractivity contribution in [1.82, 2.24) is 0 Å². The van der Waals surface area contributed by atoms with Gasteiger partial charge in [0.15, 0.2) is 0 Å². The number of carboxylic acids is 1. The zero-order valence-electron chi connectivity index (χ0n) is 15.3. The number of Topliss-reactive ketones (excluding diaryl/α,β-unsaturated/α-hetero) is 1. The van der Waals surface area contributed by atoms with Crippen molar-refractivity contribution < 1.29 is 19.8 Å². The van der Waals surface area contributed by atoms with Gasteiger partial charge < -0.3 is 10.2 Å². The Balaban J connectivity index is 1.93. The molecule has 0 aromatic carbocycles. The van der Waals surface area contributed by atoms with Crippen LogP contribution in [0.25, 0.3) is 0 Å². The molecule has 3 aliphatic carbocycles. The molecule has 0 saturated heterocycles. The summed E-state index contributed by atoms with van der Waals surface area (Å²) in [4.78, 5) is 23.5. The molecular weight excluding hydrogens is 304 g/mol. The molecule has 136 valence electrons. The van der Waals surface area contributed by atoms with Gasteiger partial charge in [-0.2, -0.15) is 0 Å². The Bertz CT molecular complexity index is 518. The SMILES string of the molecule is C[C@@H](C(=O)O)C1C(C2(C)CCC(=O)CC2)CC[C@@]2(C)C1CC[C@@H]2O. The van der Waals surface area contributed by atoms with Gasteiger partial charge in [0.05, 0.1) is 12.0 Å². The smallest absolute Gasteiger partial charge is 0.306 e. The summed E-state index contributed by atoms with van der Waals surface area (Å²) in [6, 6.07) is 0. The summed E-state index contributed by atoms with van der Waals surface area (Å²) >= 11 is 0. The van der Waals surface area contributed by atoms with E-state index in [1.54, 1.807) is 0 Å². The van der Waals surface area contributed by atoms with Crippen LogP contribution in [0.4, 0.5) is 0 Å². The summed E-state index contributed by atoms with van der Waals surface area (Å²) < 4.78 is 0. The Morgan fingerprint density at radius 3 is 2.29 bits per heavy atom. The lowest BCUT2D eigenvalue weighted by atomic mass is 9.49. The first-order chi connectivity index (χ1) is 11.2. The van der Waals surface area contributed by atoms with Gasteiger partial charge in [0.2, 0.25) is 0 Å². The van der Waals surface area contributed by atoms with Crippen LogP contribution in [0.5, 0.6) is 0 Å². The minimum absolute atomic E-state index is 0.0666. The maximum Gasteiger partial charge on any atom is 0.306 e.